The van der Waals surface area contributed by atoms with Crippen molar-refractivity contribution < 1.29 is 14.6 Å². The molecule has 0 atom stereocenters. The standard InChI is InChI=1S/C24H20N2O3S/c25-23(30)18-8-4-7-17(11-18)14-26-21-10-9-20(12-19(21)13-22(26)24(27)28)29-15-16-5-2-1-3-6-16/h1-13H,14-15H2,(H2,25,30)(H,27,28). The number of ether oxygens (including phenoxy) is 1. The Balaban J connectivity index is 1.65. The van der Waals surface area contributed by atoms with Crippen molar-refractivity contribution in [2.75, 3.05) is 0 Å². The van der Waals surface area contributed by atoms with E-state index in [2.05, 4.69) is 0 Å². The first-order valence-electron chi connectivity index (χ1n) is 9.43. The summed E-state index contributed by atoms with van der Waals surface area (Å²) in [6.45, 7) is 0.844. The second-order valence-corrected chi connectivity index (χ2v) is 7.42. The van der Waals surface area contributed by atoms with Crippen molar-refractivity contribution in [3.8, 4) is 5.75 Å². The van der Waals surface area contributed by atoms with Crippen LogP contribution in [0.5, 0.6) is 5.75 Å². The van der Waals surface area contributed by atoms with Crippen LogP contribution in [0.4, 0.5) is 0 Å². The Bertz CT molecular complexity index is 1230. The number of nitrogens with zero attached hydrogens (tertiary/aromatic N) is 1. The van der Waals surface area contributed by atoms with E-state index in [1.165, 1.54) is 0 Å². The molecule has 0 aliphatic rings. The van der Waals surface area contributed by atoms with Crippen molar-refractivity contribution in [1.29, 1.82) is 0 Å². The third-order valence-electron chi connectivity index (χ3n) is 4.89. The normalized spacial score (nSPS) is 10.8. The number of rotatable bonds is 7. The van der Waals surface area contributed by atoms with Crippen LogP contribution in [0.2, 0.25) is 0 Å². The number of benzene rings is 3. The van der Waals surface area contributed by atoms with Gasteiger partial charge < -0.3 is 20.1 Å². The quantitative estimate of drug-likeness (QED) is 0.431. The Morgan fingerprint density at radius 1 is 0.967 bits per heavy atom. The van der Waals surface area contributed by atoms with Gasteiger partial charge in [0.15, 0.2) is 0 Å². The fraction of sp³-hybridized carbons (Fsp3) is 0.0833. The van der Waals surface area contributed by atoms with Gasteiger partial charge in [-0.15, -0.1) is 0 Å². The van der Waals surface area contributed by atoms with Crippen LogP contribution in [0, 0.1) is 0 Å². The molecule has 0 aliphatic heterocycles. The molecule has 0 amide bonds. The number of fused-ring (bicyclic) bond motifs is 1. The van der Waals surface area contributed by atoms with Crippen LogP contribution < -0.4 is 10.5 Å². The summed E-state index contributed by atoms with van der Waals surface area (Å²) in [5, 5.41) is 10.5. The summed E-state index contributed by atoms with van der Waals surface area (Å²) in [5.74, 6) is -0.292. The zero-order valence-corrected chi connectivity index (χ0v) is 16.9. The van der Waals surface area contributed by atoms with Gasteiger partial charge >= 0.3 is 5.97 Å². The van der Waals surface area contributed by atoms with Gasteiger partial charge in [0.1, 0.15) is 23.0 Å². The largest absolute Gasteiger partial charge is 0.489 e. The number of hydrogen-bond acceptors (Lipinski definition) is 3. The summed E-state index contributed by atoms with van der Waals surface area (Å²) >= 11 is 5.05. The predicted octanol–water partition coefficient (Wildman–Crippen LogP) is 4.60. The number of thiocarbonyl (C=S) groups is 1. The molecule has 1 aromatic heterocycles. The highest BCUT2D eigenvalue weighted by Gasteiger charge is 2.16. The molecule has 3 N–H and O–H groups in total. The van der Waals surface area contributed by atoms with Crippen molar-refractivity contribution in [2.24, 2.45) is 5.73 Å². The van der Waals surface area contributed by atoms with Crippen molar-refractivity contribution in [3.63, 3.8) is 0 Å². The van der Waals surface area contributed by atoms with Crippen LogP contribution >= 0.6 is 12.2 Å². The first-order valence-corrected chi connectivity index (χ1v) is 9.84. The Hall–Kier alpha value is -3.64. The van der Waals surface area contributed by atoms with Crippen LogP contribution in [0.25, 0.3) is 10.9 Å². The molecule has 0 saturated heterocycles. The number of hydrogen-bond donors (Lipinski definition) is 2. The van der Waals surface area contributed by atoms with Gasteiger partial charge in [-0.25, -0.2) is 4.79 Å². The number of carbonyl (C=O) groups is 1. The molecule has 150 valence electrons. The molecule has 0 aliphatic carbocycles. The number of nitrogens with two attached hydrogens (primary N) is 1. The van der Waals surface area contributed by atoms with E-state index in [1.807, 2.05) is 72.8 Å². The Morgan fingerprint density at radius 2 is 1.73 bits per heavy atom. The zero-order valence-electron chi connectivity index (χ0n) is 16.1. The third-order valence-corrected chi connectivity index (χ3v) is 5.13. The maximum atomic E-state index is 11.9. The molecule has 5 nitrogen and oxygen atoms in total. The van der Waals surface area contributed by atoms with E-state index in [9.17, 15) is 9.90 Å². The van der Waals surface area contributed by atoms with Crippen LogP contribution in [-0.2, 0) is 13.2 Å². The molecule has 0 spiro atoms. The van der Waals surface area contributed by atoms with E-state index >= 15 is 0 Å². The topological polar surface area (TPSA) is 77.5 Å². The molecule has 30 heavy (non-hydrogen) atoms. The molecule has 0 saturated carbocycles. The van der Waals surface area contributed by atoms with E-state index in [0.717, 1.165) is 27.6 Å². The summed E-state index contributed by atoms with van der Waals surface area (Å²) in [4.78, 5) is 12.2. The molecule has 3 aromatic carbocycles. The van der Waals surface area contributed by atoms with Crippen molar-refractivity contribution in [1.82, 2.24) is 4.57 Å². The first kappa shape index (κ1) is 19.7. The van der Waals surface area contributed by atoms with E-state index < -0.39 is 5.97 Å². The van der Waals surface area contributed by atoms with Gasteiger partial charge in [-0.2, -0.15) is 0 Å². The lowest BCUT2D eigenvalue weighted by atomic mass is 10.1. The molecule has 1 heterocycles. The van der Waals surface area contributed by atoms with Gasteiger partial charge in [-0.05, 0) is 41.5 Å². The van der Waals surface area contributed by atoms with E-state index in [4.69, 9.17) is 22.7 Å². The second-order valence-electron chi connectivity index (χ2n) is 6.98. The van der Waals surface area contributed by atoms with E-state index in [-0.39, 0.29) is 5.69 Å². The minimum absolute atomic E-state index is 0.214. The van der Waals surface area contributed by atoms with Gasteiger partial charge in [0.05, 0.1) is 0 Å². The summed E-state index contributed by atoms with van der Waals surface area (Å²) < 4.78 is 7.66. The lowest BCUT2D eigenvalue weighted by Gasteiger charge is -2.11. The summed E-state index contributed by atoms with van der Waals surface area (Å²) in [6, 6.07) is 24.7. The molecular formula is C24H20N2O3S. The van der Waals surface area contributed by atoms with Crippen molar-refractivity contribution in [2.45, 2.75) is 13.2 Å². The van der Waals surface area contributed by atoms with Gasteiger partial charge in [-0.3, -0.25) is 0 Å². The van der Waals surface area contributed by atoms with Crippen LogP contribution in [-0.4, -0.2) is 20.6 Å². The highest BCUT2D eigenvalue weighted by atomic mass is 32.1. The number of carboxylic acid groups (broad SMARTS) is 1. The third kappa shape index (κ3) is 4.18. The first-order chi connectivity index (χ1) is 14.5. The predicted molar refractivity (Wildman–Crippen MR) is 121 cm³/mol. The van der Waals surface area contributed by atoms with Crippen molar-refractivity contribution in [3.05, 3.63) is 101 Å². The summed E-state index contributed by atoms with van der Waals surface area (Å²) in [5.41, 5.74) is 9.51. The van der Waals surface area contributed by atoms with Gasteiger partial charge in [0.2, 0.25) is 0 Å². The molecule has 0 unspecified atom stereocenters. The number of aromatic nitrogens is 1. The maximum absolute atomic E-state index is 11.9. The van der Waals surface area contributed by atoms with Crippen molar-refractivity contribution >= 4 is 34.1 Å². The molecule has 0 fully saturated rings. The van der Waals surface area contributed by atoms with Crippen LogP contribution in [0.3, 0.4) is 0 Å². The lowest BCUT2D eigenvalue weighted by Crippen LogP contribution is -2.12. The summed E-state index contributed by atoms with van der Waals surface area (Å²) in [7, 11) is 0. The maximum Gasteiger partial charge on any atom is 0.352 e. The van der Waals surface area contributed by atoms with Gasteiger partial charge in [-0.1, -0.05) is 60.7 Å². The van der Waals surface area contributed by atoms with Gasteiger partial charge in [0, 0.05) is 23.0 Å². The van der Waals surface area contributed by atoms with Crippen LogP contribution in [0.1, 0.15) is 27.2 Å². The second kappa shape index (κ2) is 8.39. The highest BCUT2D eigenvalue weighted by Crippen LogP contribution is 2.26. The smallest absolute Gasteiger partial charge is 0.352 e. The molecule has 0 radical (unpaired) electrons. The molecule has 6 heteroatoms. The summed E-state index contributed by atoms with van der Waals surface area (Å²) in [6.07, 6.45) is 0. The average Bonchev–Trinajstić information content (AvgIpc) is 3.11. The van der Waals surface area contributed by atoms with Crippen LogP contribution in [0.15, 0.2) is 78.9 Å². The molecule has 4 aromatic rings. The minimum atomic E-state index is -0.983. The SMILES string of the molecule is NC(=S)c1cccc(Cn2c(C(=O)O)cc3cc(OCc4ccccc4)ccc32)c1. The Morgan fingerprint density at radius 3 is 2.47 bits per heavy atom. The Kier molecular flexibility index (Phi) is 5.50. The van der Waals surface area contributed by atoms with E-state index in [1.54, 1.807) is 10.6 Å². The van der Waals surface area contributed by atoms with E-state index in [0.29, 0.717) is 23.9 Å². The minimum Gasteiger partial charge on any atom is -0.489 e. The zero-order chi connectivity index (χ0) is 21.1. The monoisotopic (exact) mass is 416 g/mol. The lowest BCUT2D eigenvalue weighted by molar-refractivity contribution is 0.0686. The fourth-order valence-electron chi connectivity index (χ4n) is 3.43. The van der Waals surface area contributed by atoms with Gasteiger partial charge in [0.25, 0.3) is 0 Å². The molecule has 4 rings (SSSR count). The number of carboxylic acids is 1. The molecular weight excluding hydrogens is 396 g/mol. The Labute approximate surface area is 179 Å². The number of aromatic carboxylic acids is 1. The highest BCUT2D eigenvalue weighted by molar-refractivity contribution is 7.80. The fourth-order valence-corrected chi connectivity index (χ4v) is 3.56. The average molecular weight is 417 g/mol. The molecule has 0 bridgehead atoms.